The van der Waals surface area contributed by atoms with E-state index in [4.69, 9.17) is 0 Å². The topological polar surface area (TPSA) is 53.5 Å². The smallest absolute Gasteiger partial charge is 0.312 e. The average molecular weight is 359 g/mol. The van der Waals surface area contributed by atoms with Crippen molar-refractivity contribution in [3.8, 4) is 10.4 Å². The average Bonchev–Trinajstić information content (AvgIpc) is 3.01. The molecule has 2 fully saturated rings. The van der Waals surface area contributed by atoms with Gasteiger partial charge in [0.05, 0.1) is 11.4 Å². The van der Waals surface area contributed by atoms with Crippen molar-refractivity contribution in [2.45, 2.75) is 31.8 Å². The molecule has 1 saturated carbocycles. The fraction of sp³-hybridized carbons (Fsp3) is 0.389. The molecule has 0 unspecified atom stereocenters. The van der Waals surface area contributed by atoms with Crippen molar-refractivity contribution in [3.05, 3.63) is 41.3 Å². The van der Waals surface area contributed by atoms with Crippen molar-refractivity contribution in [2.75, 3.05) is 13.1 Å². The van der Waals surface area contributed by atoms with Crippen molar-refractivity contribution < 1.29 is 14.0 Å². The maximum Gasteiger partial charge on any atom is 0.312 e. The molecule has 0 atom stereocenters. The number of amides is 2. The van der Waals surface area contributed by atoms with E-state index < -0.39 is 11.8 Å². The van der Waals surface area contributed by atoms with Crippen LogP contribution in [0.5, 0.6) is 0 Å². The molecule has 0 N–H and O–H groups in total. The van der Waals surface area contributed by atoms with Gasteiger partial charge in [0.15, 0.2) is 0 Å². The standard InChI is InChI=1S/C18H18FN3O2S/c19-14-7-2-1-6-13(14)15-10-20-16(25-15)11-21-8-9-22(12-4-3-5-12)18(24)17(21)23/h1-2,6-7,10,12H,3-5,8-9,11H2. The second kappa shape index (κ2) is 6.55. The van der Waals surface area contributed by atoms with E-state index in [2.05, 4.69) is 4.98 Å². The zero-order valence-corrected chi connectivity index (χ0v) is 14.5. The van der Waals surface area contributed by atoms with E-state index >= 15 is 0 Å². The van der Waals surface area contributed by atoms with Crippen LogP contribution in [0.1, 0.15) is 24.3 Å². The Morgan fingerprint density at radius 2 is 1.96 bits per heavy atom. The molecule has 7 heteroatoms. The molecule has 130 valence electrons. The Balaban J connectivity index is 1.45. The minimum absolute atomic E-state index is 0.242. The molecule has 1 aromatic carbocycles. The lowest BCUT2D eigenvalue weighted by molar-refractivity contribution is -0.159. The summed E-state index contributed by atoms with van der Waals surface area (Å²) in [6.07, 6.45) is 4.74. The number of hydrogen-bond acceptors (Lipinski definition) is 4. The number of aromatic nitrogens is 1. The molecular formula is C18H18FN3O2S. The maximum absolute atomic E-state index is 13.9. The van der Waals surface area contributed by atoms with Crippen LogP contribution in [-0.2, 0) is 16.1 Å². The lowest BCUT2D eigenvalue weighted by Crippen LogP contribution is -2.58. The highest BCUT2D eigenvalue weighted by Crippen LogP contribution is 2.30. The van der Waals surface area contributed by atoms with Gasteiger partial charge in [-0.3, -0.25) is 9.59 Å². The number of piperazine rings is 1. The molecule has 2 aromatic rings. The van der Waals surface area contributed by atoms with Crippen LogP contribution in [0, 0.1) is 5.82 Å². The number of nitrogens with zero attached hydrogens (tertiary/aromatic N) is 3. The minimum atomic E-state index is -0.458. The molecule has 1 aromatic heterocycles. The molecule has 1 aliphatic heterocycles. The summed E-state index contributed by atoms with van der Waals surface area (Å²) in [5.41, 5.74) is 0.503. The molecular weight excluding hydrogens is 341 g/mol. The monoisotopic (exact) mass is 359 g/mol. The Kier molecular flexibility index (Phi) is 4.25. The predicted octanol–water partition coefficient (Wildman–Crippen LogP) is 2.67. The number of thiazole rings is 1. The van der Waals surface area contributed by atoms with Gasteiger partial charge in [0.25, 0.3) is 0 Å². The van der Waals surface area contributed by atoms with Crippen molar-refractivity contribution >= 4 is 23.2 Å². The summed E-state index contributed by atoms with van der Waals surface area (Å²) < 4.78 is 13.9. The molecule has 0 spiro atoms. The normalized spacial score (nSPS) is 18.6. The number of rotatable bonds is 4. The third kappa shape index (κ3) is 3.04. The maximum atomic E-state index is 13.9. The van der Waals surface area contributed by atoms with Crippen LogP contribution in [0.3, 0.4) is 0 Å². The zero-order valence-electron chi connectivity index (χ0n) is 13.7. The van der Waals surface area contributed by atoms with Crippen molar-refractivity contribution in [2.24, 2.45) is 0 Å². The second-order valence-electron chi connectivity index (χ2n) is 6.41. The van der Waals surface area contributed by atoms with Gasteiger partial charge < -0.3 is 9.80 Å². The summed E-state index contributed by atoms with van der Waals surface area (Å²) in [5, 5.41) is 0.705. The fourth-order valence-corrected chi connectivity index (χ4v) is 4.18. The van der Waals surface area contributed by atoms with Crippen LogP contribution in [0.15, 0.2) is 30.5 Å². The first kappa shape index (κ1) is 16.2. The highest BCUT2D eigenvalue weighted by Gasteiger charge is 2.38. The van der Waals surface area contributed by atoms with E-state index in [1.54, 1.807) is 34.2 Å². The van der Waals surface area contributed by atoms with E-state index in [-0.39, 0.29) is 11.9 Å². The number of halogens is 1. The summed E-state index contributed by atoms with van der Waals surface area (Å²) in [4.78, 5) is 33.0. The van der Waals surface area contributed by atoms with E-state index in [9.17, 15) is 14.0 Å². The lowest BCUT2D eigenvalue weighted by Gasteiger charge is -2.41. The first-order valence-electron chi connectivity index (χ1n) is 8.43. The Morgan fingerprint density at radius 3 is 2.68 bits per heavy atom. The number of benzene rings is 1. The van der Waals surface area contributed by atoms with Crippen molar-refractivity contribution in [1.82, 2.24) is 14.8 Å². The Hall–Kier alpha value is -2.28. The van der Waals surface area contributed by atoms with E-state index in [0.29, 0.717) is 30.2 Å². The van der Waals surface area contributed by atoms with E-state index in [1.807, 2.05) is 0 Å². The zero-order chi connectivity index (χ0) is 17.4. The van der Waals surface area contributed by atoms with Gasteiger partial charge in [-0.25, -0.2) is 9.37 Å². The van der Waals surface area contributed by atoms with Crippen LogP contribution in [0.25, 0.3) is 10.4 Å². The molecule has 2 heterocycles. The van der Waals surface area contributed by atoms with Gasteiger partial charge in [-0.15, -0.1) is 11.3 Å². The van der Waals surface area contributed by atoms with Crippen LogP contribution < -0.4 is 0 Å². The van der Waals surface area contributed by atoms with E-state index in [0.717, 1.165) is 24.1 Å². The molecule has 25 heavy (non-hydrogen) atoms. The van der Waals surface area contributed by atoms with Crippen molar-refractivity contribution in [3.63, 3.8) is 0 Å². The first-order valence-corrected chi connectivity index (χ1v) is 9.24. The summed E-state index contributed by atoms with van der Waals surface area (Å²) >= 11 is 1.35. The number of carbonyl (C=O) groups is 2. The number of carbonyl (C=O) groups excluding carboxylic acids is 2. The Bertz CT molecular complexity index is 818. The molecule has 0 radical (unpaired) electrons. The minimum Gasteiger partial charge on any atom is -0.330 e. The lowest BCUT2D eigenvalue weighted by atomic mass is 9.91. The van der Waals surface area contributed by atoms with Crippen LogP contribution in [0.4, 0.5) is 4.39 Å². The molecule has 2 aliphatic rings. The summed E-state index contributed by atoms with van der Waals surface area (Å²) in [5.74, 6) is -1.15. The first-order chi connectivity index (χ1) is 12.1. The van der Waals surface area contributed by atoms with Gasteiger partial charge >= 0.3 is 11.8 Å². The molecule has 1 saturated heterocycles. The van der Waals surface area contributed by atoms with Crippen LogP contribution >= 0.6 is 11.3 Å². The highest BCUT2D eigenvalue weighted by molar-refractivity contribution is 7.15. The fourth-order valence-electron chi connectivity index (χ4n) is 3.22. The van der Waals surface area contributed by atoms with Crippen molar-refractivity contribution in [1.29, 1.82) is 0 Å². The Morgan fingerprint density at radius 1 is 1.16 bits per heavy atom. The van der Waals surface area contributed by atoms with Gasteiger partial charge in [0.2, 0.25) is 0 Å². The summed E-state index contributed by atoms with van der Waals surface area (Å²) in [6.45, 7) is 1.40. The molecule has 0 bridgehead atoms. The van der Waals surface area contributed by atoms with Gasteiger partial charge in [0.1, 0.15) is 10.8 Å². The van der Waals surface area contributed by atoms with Crippen LogP contribution in [0.2, 0.25) is 0 Å². The van der Waals surface area contributed by atoms with Crippen LogP contribution in [-0.4, -0.2) is 45.7 Å². The highest BCUT2D eigenvalue weighted by atomic mass is 32.1. The third-order valence-corrected chi connectivity index (χ3v) is 5.89. The number of hydrogen-bond donors (Lipinski definition) is 0. The van der Waals surface area contributed by atoms with Gasteiger partial charge in [0, 0.05) is 30.9 Å². The SMILES string of the molecule is O=C1C(=O)N(C2CCC2)CCN1Cc1ncc(-c2ccccc2F)s1. The van der Waals surface area contributed by atoms with Gasteiger partial charge in [-0.1, -0.05) is 18.2 Å². The van der Waals surface area contributed by atoms with E-state index in [1.165, 1.54) is 17.4 Å². The van der Waals surface area contributed by atoms with Gasteiger partial charge in [-0.2, -0.15) is 0 Å². The molecule has 4 rings (SSSR count). The van der Waals surface area contributed by atoms with Gasteiger partial charge in [-0.05, 0) is 25.3 Å². The second-order valence-corrected chi connectivity index (χ2v) is 7.52. The Labute approximate surface area is 149 Å². The summed E-state index contributed by atoms with van der Waals surface area (Å²) in [7, 11) is 0. The molecule has 5 nitrogen and oxygen atoms in total. The molecule has 1 aliphatic carbocycles. The third-order valence-electron chi connectivity index (χ3n) is 4.88. The summed E-state index contributed by atoms with van der Waals surface area (Å²) in [6, 6.07) is 6.79. The largest absolute Gasteiger partial charge is 0.330 e. The predicted molar refractivity (Wildman–Crippen MR) is 92.3 cm³/mol. The quantitative estimate of drug-likeness (QED) is 0.789. The molecule has 2 amide bonds.